The fourth-order valence-corrected chi connectivity index (χ4v) is 4.06. The molecule has 0 aliphatic carbocycles. The molecule has 1 saturated heterocycles. The summed E-state index contributed by atoms with van der Waals surface area (Å²) in [6.07, 6.45) is 0. The normalized spacial score (nSPS) is 21.0. The lowest BCUT2D eigenvalue weighted by Crippen LogP contribution is -2.49. The second kappa shape index (κ2) is 5.61. The van der Waals surface area contributed by atoms with Crippen LogP contribution in [0.5, 0.6) is 0 Å². The zero-order valence-electron chi connectivity index (χ0n) is 11.2. The van der Waals surface area contributed by atoms with Gasteiger partial charge in [0.15, 0.2) is 9.84 Å². The van der Waals surface area contributed by atoms with Crippen molar-refractivity contribution in [2.45, 2.75) is 13.0 Å². The van der Waals surface area contributed by atoms with Gasteiger partial charge in [-0.1, -0.05) is 11.6 Å². The molecule has 1 aliphatic rings. The Morgan fingerprint density at radius 3 is 2.67 bits per heavy atom. The molecule has 1 aromatic rings. The Morgan fingerprint density at radius 1 is 1.48 bits per heavy atom. The molecule has 2 rings (SSSR count). The molecule has 1 amide bonds. The highest BCUT2D eigenvalue weighted by molar-refractivity contribution is 7.91. The Balaban J connectivity index is 2.25. The molecule has 1 atom stereocenters. The average molecular weight is 333 g/mol. The van der Waals surface area contributed by atoms with Crippen LogP contribution < -0.4 is 0 Å². The van der Waals surface area contributed by atoms with Gasteiger partial charge in [0.1, 0.15) is 5.02 Å². The summed E-state index contributed by atoms with van der Waals surface area (Å²) in [5, 5.41) is 10.6. The van der Waals surface area contributed by atoms with Crippen LogP contribution in [0.1, 0.15) is 17.3 Å². The molecular weight excluding hydrogens is 320 g/mol. The van der Waals surface area contributed by atoms with Crippen LogP contribution in [0, 0.1) is 10.1 Å². The SMILES string of the molecule is CC1CS(=O)(=O)CCN1C(=O)c1ccc([N+](=O)[O-])c(Cl)c1. The quantitative estimate of drug-likeness (QED) is 0.604. The molecule has 0 spiro atoms. The Morgan fingerprint density at radius 2 is 2.14 bits per heavy atom. The molecular formula is C12H13ClN2O5S. The van der Waals surface area contributed by atoms with Crippen LogP contribution in [0.3, 0.4) is 0 Å². The first kappa shape index (κ1) is 15.7. The third-order valence-electron chi connectivity index (χ3n) is 3.32. The van der Waals surface area contributed by atoms with E-state index in [-0.39, 0.29) is 40.2 Å². The fraction of sp³-hybridized carbons (Fsp3) is 0.417. The van der Waals surface area contributed by atoms with Crippen molar-refractivity contribution in [3.63, 3.8) is 0 Å². The van der Waals surface area contributed by atoms with E-state index in [4.69, 9.17) is 11.6 Å². The molecule has 0 saturated carbocycles. The maximum Gasteiger partial charge on any atom is 0.287 e. The molecule has 9 heteroatoms. The van der Waals surface area contributed by atoms with Crippen molar-refractivity contribution in [2.75, 3.05) is 18.1 Å². The number of rotatable bonds is 2. The highest BCUT2D eigenvalue weighted by Gasteiger charge is 2.32. The Bertz CT molecular complexity index is 704. The number of hydrogen-bond acceptors (Lipinski definition) is 5. The van der Waals surface area contributed by atoms with E-state index in [1.54, 1.807) is 6.92 Å². The third-order valence-corrected chi connectivity index (χ3v) is 5.42. The van der Waals surface area contributed by atoms with E-state index in [2.05, 4.69) is 0 Å². The molecule has 0 bridgehead atoms. The second-order valence-electron chi connectivity index (χ2n) is 4.89. The summed E-state index contributed by atoms with van der Waals surface area (Å²) in [7, 11) is -3.12. The monoisotopic (exact) mass is 332 g/mol. The molecule has 1 fully saturated rings. The van der Waals surface area contributed by atoms with E-state index in [9.17, 15) is 23.3 Å². The number of carbonyl (C=O) groups is 1. The van der Waals surface area contributed by atoms with Crippen molar-refractivity contribution >= 4 is 33.0 Å². The minimum Gasteiger partial charge on any atom is -0.334 e. The summed E-state index contributed by atoms with van der Waals surface area (Å²) in [4.78, 5) is 23.9. The van der Waals surface area contributed by atoms with Crippen LogP contribution in [0.25, 0.3) is 0 Å². The van der Waals surface area contributed by atoms with Crippen LogP contribution in [-0.4, -0.2) is 48.2 Å². The van der Waals surface area contributed by atoms with Crippen molar-refractivity contribution in [1.82, 2.24) is 4.90 Å². The molecule has 1 aromatic carbocycles. The predicted octanol–water partition coefficient (Wildman–Crippen LogP) is 1.51. The van der Waals surface area contributed by atoms with Crippen molar-refractivity contribution in [3.8, 4) is 0 Å². The minimum atomic E-state index is -3.12. The van der Waals surface area contributed by atoms with Gasteiger partial charge in [-0.25, -0.2) is 8.42 Å². The molecule has 7 nitrogen and oxygen atoms in total. The standard InChI is InChI=1S/C12H13ClN2O5S/c1-8-7-21(19,20)5-4-14(8)12(16)9-2-3-11(15(17)18)10(13)6-9/h2-3,6,8H,4-5,7H2,1H3. The van der Waals surface area contributed by atoms with Gasteiger partial charge in [-0.05, 0) is 19.1 Å². The van der Waals surface area contributed by atoms with Gasteiger partial charge in [0.05, 0.1) is 16.4 Å². The van der Waals surface area contributed by atoms with Crippen molar-refractivity contribution in [1.29, 1.82) is 0 Å². The molecule has 0 aromatic heterocycles. The van der Waals surface area contributed by atoms with Gasteiger partial charge < -0.3 is 4.90 Å². The van der Waals surface area contributed by atoms with Gasteiger partial charge in [0.2, 0.25) is 0 Å². The summed E-state index contributed by atoms with van der Waals surface area (Å²) in [5.74, 6) is -0.544. The highest BCUT2D eigenvalue weighted by Crippen LogP contribution is 2.26. The molecule has 0 radical (unpaired) electrons. The van der Waals surface area contributed by atoms with E-state index in [0.717, 1.165) is 0 Å². The molecule has 114 valence electrons. The zero-order chi connectivity index (χ0) is 15.8. The van der Waals surface area contributed by atoms with Crippen molar-refractivity contribution in [2.24, 2.45) is 0 Å². The van der Waals surface area contributed by atoms with Crippen molar-refractivity contribution < 1.29 is 18.1 Å². The van der Waals surface area contributed by atoms with Gasteiger partial charge in [-0.3, -0.25) is 14.9 Å². The zero-order valence-corrected chi connectivity index (χ0v) is 12.7. The number of nitro benzene ring substituents is 1. The maximum absolute atomic E-state index is 12.4. The predicted molar refractivity (Wildman–Crippen MR) is 77.3 cm³/mol. The summed E-state index contributed by atoms with van der Waals surface area (Å²) >= 11 is 5.78. The molecule has 1 unspecified atom stereocenters. The number of halogens is 1. The molecule has 1 heterocycles. The fourth-order valence-electron chi connectivity index (χ4n) is 2.25. The number of sulfone groups is 1. The molecule has 0 N–H and O–H groups in total. The summed E-state index contributed by atoms with van der Waals surface area (Å²) < 4.78 is 23.0. The number of carbonyl (C=O) groups excluding carboxylic acids is 1. The van der Waals surface area contributed by atoms with E-state index >= 15 is 0 Å². The van der Waals surface area contributed by atoms with E-state index in [0.29, 0.717) is 0 Å². The number of benzene rings is 1. The van der Waals surface area contributed by atoms with Crippen LogP contribution in [0.2, 0.25) is 5.02 Å². The smallest absolute Gasteiger partial charge is 0.287 e. The summed E-state index contributed by atoms with van der Waals surface area (Å²) in [5.41, 5.74) is -0.0702. The van der Waals surface area contributed by atoms with E-state index < -0.39 is 20.8 Å². The topological polar surface area (TPSA) is 97.6 Å². The lowest BCUT2D eigenvalue weighted by molar-refractivity contribution is -0.384. The first-order chi connectivity index (χ1) is 9.71. The van der Waals surface area contributed by atoms with Crippen LogP contribution >= 0.6 is 11.6 Å². The van der Waals surface area contributed by atoms with Crippen molar-refractivity contribution in [3.05, 3.63) is 38.9 Å². The summed E-state index contributed by atoms with van der Waals surface area (Å²) in [6, 6.07) is 3.28. The summed E-state index contributed by atoms with van der Waals surface area (Å²) in [6.45, 7) is 1.76. The van der Waals surface area contributed by atoms with Gasteiger partial charge in [0, 0.05) is 24.2 Å². The second-order valence-corrected chi connectivity index (χ2v) is 7.52. The molecule has 1 aliphatic heterocycles. The minimum absolute atomic E-state index is 0.0796. The first-order valence-electron chi connectivity index (χ1n) is 6.16. The van der Waals surface area contributed by atoms with Crippen LogP contribution in [0.4, 0.5) is 5.69 Å². The number of nitrogens with zero attached hydrogens (tertiary/aromatic N) is 2. The average Bonchev–Trinajstić information content (AvgIpc) is 2.36. The number of amides is 1. The van der Waals surface area contributed by atoms with Gasteiger partial charge >= 0.3 is 0 Å². The number of hydrogen-bond donors (Lipinski definition) is 0. The number of nitro groups is 1. The Labute approximate surface area is 126 Å². The lowest BCUT2D eigenvalue weighted by Gasteiger charge is -2.33. The Kier molecular flexibility index (Phi) is 4.20. The van der Waals surface area contributed by atoms with Crippen LogP contribution in [-0.2, 0) is 9.84 Å². The van der Waals surface area contributed by atoms with E-state index in [1.807, 2.05) is 0 Å². The highest BCUT2D eigenvalue weighted by atomic mass is 35.5. The largest absolute Gasteiger partial charge is 0.334 e. The third kappa shape index (κ3) is 3.33. The lowest BCUT2D eigenvalue weighted by atomic mass is 10.1. The Hall–Kier alpha value is -1.67. The first-order valence-corrected chi connectivity index (χ1v) is 8.36. The van der Waals surface area contributed by atoms with Gasteiger partial charge in [-0.2, -0.15) is 0 Å². The van der Waals surface area contributed by atoms with Gasteiger partial charge in [0.25, 0.3) is 11.6 Å². The van der Waals surface area contributed by atoms with E-state index in [1.165, 1.54) is 23.1 Å². The van der Waals surface area contributed by atoms with Crippen LogP contribution in [0.15, 0.2) is 18.2 Å². The van der Waals surface area contributed by atoms with Gasteiger partial charge in [-0.15, -0.1) is 0 Å². The molecule has 21 heavy (non-hydrogen) atoms. The maximum atomic E-state index is 12.4.